The van der Waals surface area contributed by atoms with Gasteiger partial charge in [-0.05, 0) is 26.3 Å². The van der Waals surface area contributed by atoms with Gasteiger partial charge in [0.1, 0.15) is 0 Å². The monoisotopic (exact) mass is 300 g/mol. The van der Waals surface area contributed by atoms with Crippen molar-refractivity contribution < 1.29 is 14.5 Å². The summed E-state index contributed by atoms with van der Waals surface area (Å²) in [6.07, 6.45) is 0.851. The van der Waals surface area contributed by atoms with Crippen LogP contribution < -0.4 is 5.32 Å². The van der Waals surface area contributed by atoms with Gasteiger partial charge in [-0.15, -0.1) is 0 Å². The minimum absolute atomic E-state index is 0.0649. The Morgan fingerprint density at radius 2 is 2.20 bits per heavy atom. The summed E-state index contributed by atoms with van der Waals surface area (Å²) >= 11 is 5.86. The minimum Gasteiger partial charge on any atom is -0.379 e. The van der Waals surface area contributed by atoms with Crippen molar-refractivity contribution in [3.8, 4) is 0 Å². The largest absolute Gasteiger partial charge is 0.379 e. The molecule has 0 aromatic heterocycles. The molecule has 110 valence electrons. The number of carbonyl (C=O) groups excluding carboxylic acids is 1. The van der Waals surface area contributed by atoms with Crippen LogP contribution in [0, 0.1) is 10.1 Å². The topological polar surface area (TPSA) is 81.5 Å². The van der Waals surface area contributed by atoms with E-state index in [1.807, 2.05) is 13.8 Å². The van der Waals surface area contributed by atoms with Crippen LogP contribution in [-0.2, 0) is 4.74 Å². The molecule has 0 aliphatic heterocycles. The Morgan fingerprint density at radius 1 is 1.50 bits per heavy atom. The SMILES string of the molecule is CC(C)OCCCNC(=O)c1ccc([N+](=O)[O-])cc1Cl. The molecule has 0 saturated carbocycles. The highest BCUT2D eigenvalue weighted by molar-refractivity contribution is 6.34. The molecule has 0 unspecified atom stereocenters. The number of benzene rings is 1. The third-order valence-electron chi connectivity index (χ3n) is 2.47. The molecule has 1 rings (SSSR count). The molecule has 0 bridgehead atoms. The van der Waals surface area contributed by atoms with Gasteiger partial charge in [0.15, 0.2) is 0 Å². The standard InChI is InChI=1S/C13H17ClN2O4/c1-9(2)20-7-3-6-15-13(17)11-5-4-10(16(18)19)8-12(11)14/h4-5,8-9H,3,6-7H2,1-2H3,(H,15,17). The van der Waals surface area contributed by atoms with Crippen LogP contribution in [0.5, 0.6) is 0 Å². The van der Waals surface area contributed by atoms with Gasteiger partial charge in [-0.1, -0.05) is 11.6 Å². The molecule has 0 atom stereocenters. The van der Waals surface area contributed by atoms with E-state index in [0.29, 0.717) is 19.6 Å². The molecule has 6 nitrogen and oxygen atoms in total. The smallest absolute Gasteiger partial charge is 0.270 e. The second kappa shape index (κ2) is 7.81. The van der Waals surface area contributed by atoms with Crippen molar-refractivity contribution >= 4 is 23.2 Å². The zero-order chi connectivity index (χ0) is 15.1. The number of nitrogens with one attached hydrogen (secondary N) is 1. The first-order chi connectivity index (χ1) is 9.41. The molecule has 7 heteroatoms. The maximum Gasteiger partial charge on any atom is 0.270 e. The van der Waals surface area contributed by atoms with Crippen molar-refractivity contribution in [3.63, 3.8) is 0 Å². The van der Waals surface area contributed by atoms with E-state index >= 15 is 0 Å². The number of non-ortho nitro benzene ring substituents is 1. The van der Waals surface area contributed by atoms with Gasteiger partial charge in [-0.25, -0.2) is 0 Å². The van der Waals surface area contributed by atoms with E-state index in [2.05, 4.69) is 5.32 Å². The van der Waals surface area contributed by atoms with Crippen LogP contribution in [0.4, 0.5) is 5.69 Å². The fourth-order valence-corrected chi connectivity index (χ4v) is 1.75. The van der Waals surface area contributed by atoms with Crippen LogP contribution in [0.25, 0.3) is 0 Å². The second-order valence-electron chi connectivity index (χ2n) is 4.45. The van der Waals surface area contributed by atoms with E-state index in [1.165, 1.54) is 18.2 Å². The number of rotatable bonds is 7. The zero-order valence-corrected chi connectivity index (χ0v) is 12.1. The molecule has 0 saturated heterocycles. The van der Waals surface area contributed by atoms with E-state index in [4.69, 9.17) is 16.3 Å². The Morgan fingerprint density at radius 3 is 2.75 bits per heavy atom. The first-order valence-corrected chi connectivity index (χ1v) is 6.63. The predicted molar refractivity (Wildman–Crippen MR) is 76.1 cm³/mol. The van der Waals surface area contributed by atoms with E-state index in [9.17, 15) is 14.9 Å². The predicted octanol–water partition coefficient (Wildman–Crippen LogP) is 2.79. The molecule has 0 aliphatic carbocycles. The number of amides is 1. The number of halogens is 1. The minimum atomic E-state index is -0.559. The Balaban J connectivity index is 2.49. The number of hydrogen-bond acceptors (Lipinski definition) is 4. The van der Waals surface area contributed by atoms with E-state index in [-0.39, 0.29) is 28.3 Å². The number of nitro benzene ring substituents is 1. The Labute approximate surface area is 122 Å². The zero-order valence-electron chi connectivity index (χ0n) is 11.4. The van der Waals surface area contributed by atoms with Gasteiger partial charge in [0, 0.05) is 25.3 Å². The second-order valence-corrected chi connectivity index (χ2v) is 4.86. The number of nitro groups is 1. The average molecular weight is 301 g/mol. The molecule has 20 heavy (non-hydrogen) atoms. The quantitative estimate of drug-likeness (QED) is 0.477. The van der Waals surface area contributed by atoms with Crippen LogP contribution in [-0.4, -0.2) is 30.1 Å². The third kappa shape index (κ3) is 5.14. The number of carbonyl (C=O) groups is 1. The van der Waals surface area contributed by atoms with Crippen molar-refractivity contribution in [1.82, 2.24) is 5.32 Å². The molecule has 0 aliphatic rings. The summed E-state index contributed by atoms with van der Waals surface area (Å²) < 4.78 is 5.34. The molecule has 0 radical (unpaired) electrons. The first kappa shape index (κ1) is 16.4. The number of hydrogen-bond donors (Lipinski definition) is 1. The molecule has 1 N–H and O–H groups in total. The Hall–Kier alpha value is -1.66. The summed E-state index contributed by atoms with van der Waals surface area (Å²) in [4.78, 5) is 21.8. The van der Waals surface area contributed by atoms with Crippen LogP contribution >= 0.6 is 11.6 Å². The highest BCUT2D eigenvalue weighted by atomic mass is 35.5. The highest BCUT2D eigenvalue weighted by Gasteiger charge is 2.14. The fraction of sp³-hybridized carbons (Fsp3) is 0.462. The summed E-state index contributed by atoms with van der Waals surface area (Å²) in [6, 6.07) is 3.77. The van der Waals surface area contributed by atoms with Gasteiger partial charge < -0.3 is 10.1 Å². The fourth-order valence-electron chi connectivity index (χ4n) is 1.49. The summed E-state index contributed by atoms with van der Waals surface area (Å²) in [5, 5.41) is 13.3. The molecule has 1 amide bonds. The number of ether oxygens (including phenoxy) is 1. The van der Waals surface area contributed by atoms with E-state index in [0.717, 1.165) is 0 Å². The maximum absolute atomic E-state index is 11.8. The summed E-state index contributed by atoms with van der Waals surface area (Å²) in [5.41, 5.74) is 0.0823. The van der Waals surface area contributed by atoms with Crippen LogP contribution in [0.15, 0.2) is 18.2 Å². The van der Waals surface area contributed by atoms with Gasteiger partial charge in [-0.3, -0.25) is 14.9 Å². The van der Waals surface area contributed by atoms with E-state index < -0.39 is 4.92 Å². The summed E-state index contributed by atoms with van der Waals surface area (Å²) in [5.74, 6) is -0.352. The molecular formula is C13H17ClN2O4. The van der Waals surface area contributed by atoms with Gasteiger partial charge in [0.25, 0.3) is 11.6 Å². The number of nitrogens with zero attached hydrogens (tertiary/aromatic N) is 1. The van der Waals surface area contributed by atoms with Crippen LogP contribution in [0.3, 0.4) is 0 Å². The lowest BCUT2D eigenvalue weighted by Gasteiger charge is -2.09. The van der Waals surface area contributed by atoms with Gasteiger partial charge in [0.05, 0.1) is 21.6 Å². The van der Waals surface area contributed by atoms with Crippen molar-refractivity contribution in [3.05, 3.63) is 38.9 Å². The van der Waals surface area contributed by atoms with Gasteiger partial charge in [-0.2, -0.15) is 0 Å². The molecule has 0 heterocycles. The highest BCUT2D eigenvalue weighted by Crippen LogP contribution is 2.22. The third-order valence-corrected chi connectivity index (χ3v) is 2.78. The first-order valence-electron chi connectivity index (χ1n) is 6.25. The van der Waals surface area contributed by atoms with Crippen LogP contribution in [0.1, 0.15) is 30.6 Å². The summed E-state index contributed by atoms with van der Waals surface area (Å²) in [6.45, 7) is 4.90. The lowest BCUT2D eigenvalue weighted by Crippen LogP contribution is -2.25. The lowest BCUT2D eigenvalue weighted by molar-refractivity contribution is -0.384. The maximum atomic E-state index is 11.8. The Bertz CT molecular complexity index is 491. The van der Waals surface area contributed by atoms with Crippen molar-refractivity contribution in [2.75, 3.05) is 13.2 Å². The van der Waals surface area contributed by atoms with Crippen molar-refractivity contribution in [1.29, 1.82) is 0 Å². The lowest BCUT2D eigenvalue weighted by atomic mass is 10.2. The molecular weight excluding hydrogens is 284 g/mol. The molecule has 1 aromatic rings. The summed E-state index contributed by atoms with van der Waals surface area (Å²) in [7, 11) is 0. The molecule has 1 aromatic carbocycles. The Kier molecular flexibility index (Phi) is 6.41. The average Bonchev–Trinajstić information content (AvgIpc) is 2.37. The van der Waals surface area contributed by atoms with Crippen molar-refractivity contribution in [2.45, 2.75) is 26.4 Å². The van der Waals surface area contributed by atoms with E-state index in [1.54, 1.807) is 0 Å². The van der Waals surface area contributed by atoms with Gasteiger partial charge >= 0.3 is 0 Å². The van der Waals surface area contributed by atoms with Crippen molar-refractivity contribution in [2.24, 2.45) is 0 Å². The normalized spacial score (nSPS) is 10.6. The van der Waals surface area contributed by atoms with Crippen LogP contribution in [0.2, 0.25) is 5.02 Å². The molecule has 0 fully saturated rings. The van der Waals surface area contributed by atoms with Gasteiger partial charge in [0.2, 0.25) is 0 Å². The molecule has 0 spiro atoms.